The second-order valence-electron chi connectivity index (χ2n) is 4.93. The van der Waals surface area contributed by atoms with Crippen molar-refractivity contribution in [2.75, 3.05) is 0 Å². The molecule has 1 atom stereocenters. The van der Waals surface area contributed by atoms with Gasteiger partial charge in [-0.05, 0) is 59.1 Å². The highest BCUT2D eigenvalue weighted by Crippen LogP contribution is 2.23. The third-order valence-electron chi connectivity index (χ3n) is 3.42. The maximum absolute atomic E-state index is 13.8. The summed E-state index contributed by atoms with van der Waals surface area (Å²) in [7, 11) is 0. The maximum atomic E-state index is 13.8. The highest BCUT2D eigenvalue weighted by Gasteiger charge is 2.14. The number of aryl methyl sites for hydroxylation is 1. The summed E-state index contributed by atoms with van der Waals surface area (Å²) in [5, 5.41) is 3.00. The molecule has 2 aromatic rings. The van der Waals surface area contributed by atoms with Crippen LogP contribution in [0, 0.1) is 24.4 Å². The van der Waals surface area contributed by atoms with Gasteiger partial charge in [-0.1, -0.05) is 12.1 Å². The molecule has 1 N–H and O–H groups in total. The van der Waals surface area contributed by atoms with Crippen molar-refractivity contribution < 1.29 is 13.2 Å². The summed E-state index contributed by atoms with van der Waals surface area (Å²) in [6.45, 7) is 3.52. The van der Waals surface area contributed by atoms with Gasteiger partial charge in [0.05, 0.1) is 4.47 Å². The first kappa shape index (κ1) is 16.0. The average molecular weight is 358 g/mol. The standard InChI is InChI=1S/C16H15BrF3N/c1-9-3-4-11(7-15(9)19)10(2)21-8-12-14(18)6-5-13(17)16(12)20/h3-7,10,21H,8H2,1-2H3. The number of rotatable bonds is 4. The van der Waals surface area contributed by atoms with Crippen LogP contribution in [0.25, 0.3) is 0 Å². The van der Waals surface area contributed by atoms with Crippen LogP contribution in [0.1, 0.15) is 29.7 Å². The Kier molecular flexibility index (Phi) is 5.06. The molecule has 0 fully saturated rings. The van der Waals surface area contributed by atoms with E-state index in [1.54, 1.807) is 19.1 Å². The lowest BCUT2D eigenvalue weighted by atomic mass is 10.1. The molecule has 0 heterocycles. The van der Waals surface area contributed by atoms with E-state index < -0.39 is 11.6 Å². The van der Waals surface area contributed by atoms with Crippen molar-refractivity contribution in [1.29, 1.82) is 0 Å². The normalized spacial score (nSPS) is 12.5. The zero-order chi connectivity index (χ0) is 15.6. The van der Waals surface area contributed by atoms with Gasteiger partial charge >= 0.3 is 0 Å². The molecule has 0 spiro atoms. The predicted octanol–water partition coefficient (Wildman–Crippen LogP) is 5.03. The van der Waals surface area contributed by atoms with E-state index in [0.29, 0.717) is 5.56 Å². The van der Waals surface area contributed by atoms with Crippen LogP contribution in [0.3, 0.4) is 0 Å². The van der Waals surface area contributed by atoms with Gasteiger partial charge < -0.3 is 5.32 Å². The van der Waals surface area contributed by atoms with Crippen LogP contribution in [-0.2, 0) is 6.54 Å². The summed E-state index contributed by atoms with van der Waals surface area (Å²) >= 11 is 3.03. The Morgan fingerprint density at radius 2 is 1.81 bits per heavy atom. The molecule has 2 aromatic carbocycles. The lowest BCUT2D eigenvalue weighted by Gasteiger charge is -2.16. The summed E-state index contributed by atoms with van der Waals surface area (Å²) in [5.41, 5.74) is 1.26. The number of halogens is 4. The average Bonchev–Trinajstić information content (AvgIpc) is 2.45. The van der Waals surface area contributed by atoms with Gasteiger partial charge in [0.2, 0.25) is 0 Å². The van der Waals surface area contributed by atoms with Crippen molar-refractivity contribution in [2.45, 2.75) is 26.4 Å². The first-order valence-electron chi connectivity index (χ1n) is 6.52. The van der Waals surface area contributed by atoms with Gasteiger partial charge in [0, 0.05) is 18.2 Å². The fourth-order valence-corrected chi connectivity index (χ4v) is 2.35. The van der Waals surface area contributed by atoms with Gasteiger partial charge in [-0.2, -0.15) is 0 Å². The lowest BCUT2D eigenvalue weighted by molar-refractivity contribution is 0.504. The molecule has 0 amide bonds. The van der Waals surface area contributed by atoms with Crippen LogP contribution in [0.4, 0.5) is 13.2 Å². The molecule has 112 valence electrons. The summed E-state index contributed by atoms with van der Waals surface area (Å²) in [5.74, 6) is -1.52. The second kappa shape index (κ2) is 6.62. The molecule has 0 saturated heterocycles. The highest BCUT2D eigenvalue weighted by atomic mass is 79.9. The van der Waals surface area contributed by atoms with Gasteiger partial charge in [-0.3, -0.25) is 0 Å². The lowest BCUT2D eigenvalue weighted by Crippen LogP contribution is -2.20. The van der Waals surface area contributed by atoms with Crippen molar-refractivity contribution >= 4 is 15.9 Å². The zero-order valence-corrected chi connectivity index (χ0v) is 13.3. The van der Waals surface area contributed by atoms with Gasteiger partial charge in [-0.15, -0.1) is 0 Å². The van der Waals surface area contributed by atoms with E-state index in [1.807, 2.05) is 6.92 Å². The summed E-state index contributed by atoms with van der Waals surface area (Å²) in [6, 6.07) is 7.22. The zero-order valence-electron chi connectivity index (χ0n) is 11.7. The molecule has 2 rings (SSSR count). The molecule has 0 bridgehead atoms. The van der Waals surface area contributed by atoms with Crippen molar-refractivity contribution in [3.8, 4) is 0 Å². The molecule has 0 radical (unpaired) electrons. The Balaban J connectivity index is 2.12. The third kappa shape index (κ3) is 3.66. The molecular weight excluding hydrogens is 343 g/mol. The van der Waals surface area contributed by atoms with Crippen molar-refractivity contribution in [2.24, 2.45) is 0 Å². The Hall–Kier alpha value is -1.33. The topological polar surface area (TPSA) is 12.0 Å². The molecule has 0 aromatic heterocycles. The van der Waals surface area contributed by atoms with Crippen LogP contribution >= 0.6 is 15.9 Å². The summed E-state index contributed by atoms with van der Waals surface area (Å²) in [4.78, 5) is 0. The molecule has 0 aliphatic rings. The van der Waals surface area contributed by atoms with E-state index in [-0.39, 0.29) is 28.4 Å². The van der Waals surface area contributed by atoms with Gasteiger partial charge in [-0.25, -0.2) is 13.2 Å². The number of hydrogen-bond acceptors (Lipinski definition) is 1. The Labute approximate surface area is 130 Å². The van der Waals surface area contributed by atoms with Crippen LogP contribution in [0.2, 0.25) is 0 Å². The first-order valence-corrected chi connectivity index (χ1v) is 7.31. The van der Waals surface area contributed by atoms with Crippen molar-refractivity contribution in [3.63, 3.8) is 0 Å². The summed E-state index contributed by atoms with van der Waals surface area (Å²) in [6.07, 6.45) is 0. The third-order valence-corrected chi connectivity index (χ3v) is 4.03. The highest BCUT2D eigenvalue weighted by molar-refractivity contribution is 9.10. The van der Waals surface area contributed by atoms with Gasteiger partial charge in [0.15, 0.2) is 0 Å². The largest absolute Gasteiger partial charge is 0.306 e. The van der Waals surface area contributed by atoms with E-state index in [0.717, 1.165) is 5.56 Å². The maximum Gasteiger partial charge on any atom is 0.144 e. The molecule has 0 saturated carbocycles. The van der Waals surface area contributed by atoms with E-state index >= 15 is 0 Å². The Morgan fingerprint density at radius 3 is 2.48 bits per heavy atom. The van der Waals surface area contributed by atoms with Gasteiger partial charge in [0.25, 0.3) is 0 Å². The minimum Gasteiger partial charge on any atom is -0.306 e. The van der Waals surface area contributed by atoms with Crippen LogP contribution in [0.15, 0.2) is 34.8 Å². The van der Waals surface area contributed by atoms with Crippen LogP contribution < -0.4 is 5.32 Å². The number of nitrogens with one attached hydrogen (secondary N) is 1. The quantitative estimate of drug-likeness (QED) is 0.757. The molecule has 5 heteroatoms. The predicted molar refractivity (Wildman–Crippen MR) is 80.4 cm³/mol. The fraction of sp³-hybridized carbons (Fsp3) is 0.250. The number of hydrogen-bond donors (Lipinski definition) is 1. The minimum absolute atomic E-state index is 0.0216. The summed E-state index contributed by atoms with van der Waals surface area (Å²) < 4.78 is 41.2. The van der Waals surface area contributed by atoms with Crippen molar-refractivity contribution in [1.82, 2.24) is 5.32 Å². The Bertz CT molecular complexity index is 658. The smallest absolute Gasteiger partial charge is 0.144 e. The molecule has 0 aliphatic carbocycles. The van der Waals surface area contributed by atoms with E-state index in [1.165, 1.54) is 18.2 Å². The molecule has 1 unspecified atom stereocenters. The monoisotopic (exact) mass is 357 g/mol. The first-order chi connectivity index (χ1) is 9.90. The molecular formula is C16H15BrF3N. The van der Waals surface area contributed by atoms with Gasteiger partial charge in [0.1, 0.15) is 17.5 Å². The fourth-order valence-electron chi connectivity index (χ4n) is 1.98. The van der Waals surface area contributed by atoms with E-state index in [2.05, 4.69) is 21.2 Å². The van der Waals surface area contributed by atoms with Crippen LogP contribution in [-0.4, -0.2) is 0 Å². The minimum atomic E-state index is -0.621. The molecule has 1 nitrogen and oxygen atoms in total. The van der Waals surface area contributed by atoms with E-state index in [9.17, 15) is 13.2 Å². The Morgan fingerprint density at radius 1 is 1.10 bits per heavy atom. The van der Waals surface area contributed by atoms with Crippen LogP contribution in [0.5, 0.6) is 0 Å². The molecule has 0 aliphatic heterocycles. The van der Waals surface area contributed by atoms with E-state index in [4.69, 9.17) is 0 Å². The SMILES string of the molecule is Cc1ccc(C(C)NCc2c(F)ccc(Br)c2F)cc1F. The number of benzene rings is 2. The van der Waals surface area contributed by atoms with Crippen molar-refractivity contribution in [3.05, 3.63) is 68.9 Å². The second-order valence-corrected chi connectivity index (χ2v) is 5.79. The molecule has 21 heavy (non-hydrogen) atoms.